The van der Waals surface area contributed by atoms with Crippen LogP contribution in [0.2, 0.25) is 0 Å². The Bertz CT molecular complexity index is 1540. The van der Waals surface area contributed by atoms with Crippen LogP contribution in [0.5, 0.6) is 0 Å². The van der Waals surface area contributed by atoms with Gasteiger partial charge in [0.15, 0.2) is 5.65 Å². The van der Waals surface area contributed by atoms with Gasteiger partial charge in [0.25, 0.3) is 5.91 Å². The standard InChI is InChI=1S/C28H25F4N5O/c1-16-12-19(6-9-22(16)27(38)35-21-7-8-21)25-15-34-26-24(33-11-10-28(30,31)32)14-23(36-37(25)26)17(2)18-4-3-5-20(29)13-18/h3-6,9,12-15,21,33H,2,7-8,10-11H2,1H3,(H,35,38). The van der Waals surface area contributed by atoms with Crippen LogP contribution in [-0.4, -0.2) is 39.3 Å². The number of alkyl halides is 3. The maximum absolute atomic E-state index is 13.9. The Labute approximate surface area is 216 Å². The highest BCUT2D eigenvalue weighted by atomic mass is 19.4. The van der Waals surface area contributed by atoms with Crippen molar-refractivity contribution in [1.29, 1.82) is 0 Å². The van der Waals surface area contributed by atoms with Gasteiger partial charge in [-0.05, 0) is 61.2 Å². The van der Waals surface area contributed by atoms with E-state index in [1.807, 2.05) is 13.0 Å². The van der Waals surface area contributed by atoms with Gasteiger partial charge in [-0.2, -0.15) is 18.3 Å². The molecule has 5 rings (SSSR count). The van der Waals surface area contributed by atoms with Crippen molar-refractivity contribution in [3.05, 3.63) is 89.5 Å². The molecule has 0 bridgehead atoms. The topological polar surface area (TPSA) is 71.3 Å². The normalized spacial score (nSPS) is 13.5. The lowest BCUT2D eigenvalue weighted by atomic mass is 10.0. The number of aryl methyl sites for hydroxylation is 1. The number of carbonyl (C=O) groups is 1. The monoisotopic (exact) mass is 523 g/mol. The maximum Gasteiger partial charge on any atom is 0.390 e. The van der Waals surface area contributed by atoms with Crippen LogP contribution in [0.1, 0.15) is 46.4 Å². The molecule has 0 radical (unpaired) electrons. The van der Waals surface area contributed by atoms with E-state index in [0.29, 0.717) is 39.4 Å². The van der Waals surface area contributed by atoms with Crippen LogP contribution >= 0.6 is 0 Å². The van der Waals surface area contributed by atoms with Crippen molar-refractivity contribution >= 4 is 22.8 Å². The third-order valence-corrected chi connectivity index (χ3v) is 6.35. The van der Waals surface area contributed by atoms with Gasteiger partial charge in [0.05, 0.1) is 29.7 Å². The predicted octanol–water partition coefficient (Wildman–Crippen LogP) is 6.16. The molecule has 4 aromatic rings. The number of hydrogen-bond acceptors (Lipinski definition) is 4. The maximum atomic E-state index is 13.9. The zero-order valence-corrected chi connectivity index (χ0v) is 20.6. The smallest absolute Gasteiger partial charge is 0.382 e. The second-order valence-electron chi connectivity index (χ2n) is 9.38. The minimum absolute atomic E-state index is 0.127. The molecular formula is C28H25F4N5O. The van der Waals surface area contributed by atoms with Crippen molar-refractivity contribution in [2.75, 3.05) is 11.9 Å². The molecule has 0 spiro atoms. The van der Waals surface area contributed by atoms with E-state index in [-0.39, 0.29) is 18.5 Å². The Kier molecular flexibility index (Phi) is 6.64. The van der Waals surface area contributed by atoms with Crippen LogP contribution in [0.3, 0.4) is 0 Å². The first-order valence-electron chi connectivity index (χ1n) is 12.2. The van der Waals surface area contributed by atoms with E-state index in [4.69, 9.17) is 0 Å². The lowest BCUT2D eigenvalue weighted by molar-refractivity contribution is -0.131. The molecule has 0 saturated heterocycles. The Hall–Kier alpha value is -4.21. The predicted molar refractivity (Wildman–Crippen MR) is 137 cm³/mol. The summed E-state index contributed by atoms with van der Waals surface area (Å²) in [7, 11) is 0. The highest BCUT2D eigenvalue weighted by Crippen LogP contribution is 2.30. The third-order valence-electron chi connectivity index (χ3n) is 6.35. The molecule has 2 heterocycles. The molecule has 0 aliphatic heterocycles. The minimum Gasteiger partial charge on any atom is -0.382 e. The molecule has 196 valence electrons. The van der Waals surface area contributed by atoms with Gasteiger partial charge in [-0.1, -0.05) is 24.8 Å². The van der Waals surface area contributed by atoms with Crippen LogP contribution in [-0.2, 0) is 0 Å². The SMILES string of the molecule is C=C(c1cccc(F)c1)c1cc(NCCC(F)(F)F)c2ncc(-c3ccc(C(=O)NC4CC4)c(C)c3)n2n1. The Morgan fingerprint density at radius 3 is 2.63 bits per heavy atom. The van der Waals surface area contributed by atoms with E-state index < -0.39 is 18.4 Å². The molecule has 0 unspecified atom stereocenters. The van der Waals surface area contributed by atoms with Crippen molar-refractivity contribution in [2.24, 2.45) is 0 Å². The largest absolute Gasteiger partial charge is 0.390 e. The van der Waals surface area contributed by atoms with Crippen LogP contribution < -0.4 is 10.6 Å². The first-order valence-corrected chi connectivity index (χ1v) is 12.2. The van der Waals surface area contributed by atoms with Gasteiger partial charge in [0.1, 0.15) is 5.82 Å². The summed E-state index contributed by atoms with van der Waals surface area (Å²) in [5.41, 5.74) is 4.51. The van der Waals surface area contributed by atoms with Crippen molar-refractivity contribution in [3.8, 4) is 11.3 Å². The van der Waals surface area contributed by atoms with Crippen LogP contribution in [0.4, 0.5) is 23.2 Å². The van der Waals surface area contributed by atoms with Crippen molar-refractivity contribution in [3.63, 3.8) is 0 Å². The number of amides is 1. The number of nitrogens with zero attached hydrogens (tertiary/aromatic N) is 3. The number of aromatic nitrogens is 3. The summed E-state index contributed by atoms with van der Waals surface area (Å²) in [6, 6.07) is 13.0. The van der Waals surface area contributed by atoms with Gasteiger partial charge in [-0.15, -0.1) is 0 Å². The second kappa shape index (κ2) is 9.92. The summed E-state index contributed by atoms with van der Waals surface area (Å²) in [5, 5.41) is 10.5. The molecule has 1 aliphatic rings. The van der Waals surface area contributed by atoms with Gasteiger partial charge in [-0.3, -0.25) is 4.79 Å². The summed E-state index contributed by atoms with van der Waals surface area (Å²) in [6.45, 7) is 5.53. The van der Waals surface area contributed by atoms with Gasteiger partial charge in [0.2, 0.25) is 0 Å². The second-order valence-corrected chi connectivity index (χ2v) is 9.38. The van der Waals surface area contributed by atoms with Crippen molar-refractivity contribution < 1.29 is 22.4 Å². The van der Waals surface area contributed by atoms with E-state index in [0.717, 1.165) is 24.0 Å². The highest BCUT2D eigenvalue weighted by molar-refractivity contribution is 5.96. The zero-order chi connectivity index (χ0) is 27.0. The summed E-state index contributed by atoms with van der Waals surface area (Å²) in [5.74, 6) is -0.574. The van der Waals surface area contributed by atoms with Gasteiger partial charge < -0.3 is 10.6 Å². The molecule has 2 aromatic carbocycles. The number of rotatable bonds is 8. The Balaban J connectivity index is 1.55. The summed E-state index contributed by atoms with van der Waals surface area (Å²) in [6.07, 6.45) is -1.81. The molecule has 10 heteroatoms. The minimum atomic E-state index is -4.32. The number of hydrogen-bond donors (Lipinski definition) is 2. The first-order chi connectivity index (χ1) is 18.1. The van der Waals surface area contributed by atoms with E-state index in [9.17, 15) is 22.4 Å². The third kappa shape index (κ3) is 5.53. The Morgan fingerprint density at radius 1 is 1.16 bits per heavy atom. The average molecular weight is 524 g/mol. The van der Waals surface area contributed by atoms with Gasteiger partial charge >= 0.3 is 6.18 Å². The fraction of sp³-hybridized carbons (Fsp3) is 0.250. The number of carbonyl (C=O) groups excluding carboxylic acids is 1. The number of benzene rings is 2. The van der Waals surface area contributed by atoms with E-state index in [1.54, 1.807) is 36.5 Å². The van der Waals surface area contributed by atoms with Crippen molar-refractivity contribution in [1.82, 2.24) is 19.9 Å². The average Bonchev–Trinajstić information content (AvgIpc) is 3.57. The van der Waals surface area contributed by atoms with Crippen LogP contribution in [0, 0.1) is 12.7 Å². The molecule has 0 atom stereocenters. The fourth-order valence-electron chi connectivity index (χ4n) is 4.17. The Morgan fingerprint density at radius 2 is 1.95 bits per heavy atom. The highest BCUT2D eigenvalue weighted by Gasteiger charge is 2.27. The lowest BCUT2D eigenvalue weighted by Crippen LogP contribution is -2.26. The van der Waals surface area contributed by atoms with Gasteiger partial charge in [0, 0.05) is 29.3 Å². The molecular weight excluding hydrogens is 498 g/mol. The quantitative estimate of drug-likeness (QED) is 0.271. The molecule has 1 fully saturated rings. The van der Waals surface area contributed by atoms with E-state index in [1.165, 1.54) is 16.6 Å². The number of anilines is 1. The van der Waals surface area contributed by atoms with E-state index >= 15 is 0 Å². The van der Waals surface area contributed by atoms with E-state index in [2.05, 4.69) is 27.3 Å². The zero-order valence-electron chi connectivity index (χ0n) is 20.6. The summed E-state index contributed by atoms with van der Waals surface area (Å²) in [4.78, 5) is 17.0. The molecule has 1 aliphatic carbocycles. The number of nitrogens with one attached hydrogen (secondary N) is 2. The van der Waals surface area contributed by atoms with Crippen LogP contribution in [0.25, 0.3) is 22.5 Å². The fourth-order valence-corrected chi connectivity index (χ4v) is 4.17. The molecule has 2 aromatic heterocycles. The molecule has 2 N–H and O–H groups in total. The van der Waals surface area contributed by atoms with Crippen molar-refractivity contribution in [2.45, 2.75) is 38.4 Å². The molecule has 38 heavy (non-hydrogen) atoms. The molecule has 6 nitrogen and oxygen atoms in total. The number of imidazole rings is 1. The van der Waals surface area contributed by atoms with Crippen LogP contribution in [0.15, 0.2) is 61.3 Å². The summed E-state index contributed by atoms with van der Waals surface area (Å²) >= 11 is 0. The molecule has 1 saturated carbocycles. The van der Waals surface area contributed by atoms with Gasteiger partial charge in [-0.25, -0.2) is 13.9 Å². The number of fused-ring (bicyclic) bond motifs is 1. The number of halogens is 4. The lowest BCUT2D eigenvalue weighted by Gasteiger charge is -2.14. The summed E-state index contributed by atoms with van der Waals surface area (Å²) < 4.78 is 53.8. The first kappa shape index (κ1) is 25.4. The molecule has 1 amide bonds.